The van der Waals surface area contributed by atoms with Gasteiger partial charge in [0.25, 0.3) is 0 Å². The van der Waals surface area contributed by atoms with Crippen molar-refractivity contribution in [1.29, 1.82) is 0 Å². The summed E-state index contributed by atoms with van der Waals surface area (Å²) in [5.74, 6) is 1.46. The van der Waals surface area contributed by atoms with E-state index in [0.717, 1.165) is 26.6 Å². The van der Waals surface area contributed by atoms with Crippen molar-refractivity contribution < 1.29 is 9.84 Å². The number of fused-ring (bicyclic) bond motifs is 1. The van der Waals surface area contributed by atoms with Crippen LogP contribution in [0.25, 0.3) is 10.8 Å². The number of ether oxygens (including phenoxy) is 1. The molecular weight excluding hydrogens is 316 g/mol. The zero-order valence-electron chi connectivity index (χ0n) is 10.7. The molecule has 20 heavy (non-hydrogen) atoms. The van der Waals surface area contributed by atoms with Gasteiger partial charge in [0.05, 0.1) is 6.61 Å². The molecule has 0 aliphatic rings. The van der Waals surface area contributed by atoms with Crippen molar-refractivity contribution >= 4 is 26.7 Å². The highest BCUT2D eigenvalue weighted by Crippen LogP contribution is 2.32. The summed E-state index contributed by atoms with van der Waals surface area (Å²) >= 11 is 3.40. The fraction of sp³-hybridized carbons (Fsp3) is 0.0588. The van der Waals surface area contributed by atoms with Crippen molar-refractivity contribution in [1.82, 2.24) is 0 Å². The van der Waals surface area contributed by atoms with Gasteiger partial charge in [0.2, 0.25) is 0 Å². The third kappa shape index (κ3) is 2.55. The molecule has 3 aromatic carbocycles. The maximum atomic E-state index is 9.43. The molecule has 0 unspecified atom stereocenters. The van der Waals surface area contributed by atoms with E-state index in [1.54, 1.807) is 0 Å². The van der Waals surface area contributed by atoms with Crippen molar-refractivity contribution in [3.8, 4) is 11.5 Å². The Kier molecular flexibility index (Phi) is 3.72. The van der Waals surface area contributed by atoms with Crippen LogP contribution in [0.3, 0.4) is 0 Å². The second kappa shape index (κ2) is 5.65. The van der Waals surface area contributed by atoms with Gasteiger partial charge in [-0.15, -0.1) is 0 Å². The van der Waals surface area contributed by atoms with Crippen LogP contribution in [-0.4, -0.2) is 5.11 Å². The molecule has 0 aliphatic heterocycles. The van der Waals surface area contributed by atoms with Crippen LogP contribution in [0.5, 0.6) is 11.5 Å². The second-order valence-electron chi connectivity index (χ2n) is 4.49. The standard InChI is InChI=1S/C17H13BrO2/c18-14-8-9-16(13(10-14)11-19)20-17-7-3-5-12-4-1-2-6-15(12)17/h1-10,19H,11H2. The Labute approximate surface area is 125 Å². The normalized spacial score (nSPS) is 10.7. The molecule has 3 rings (SSSR count). The smallest absolute Gasteiger partial charge is 0.135 e. The molecule has 100 valence electrons. The first-order valence-electron chi connectivity index (χ1n) is 6.33. The predicted octanol–water partition coefficient (Wildman–Crippen LogP) is 4.89. The Hall–Kier alpha value is -1.84. The molecule has 3 heteroatoms. The summed E-state index contributed by atoms with van der Waals surface area (Å²) in [5.41, 5.74) is 0.757. The average Bonchev–Trinajstić information content (AvgIpc) is 2.49. The van der Waals surface area contributed by atoms with Crippen LogP contribution in [0, 0.1) is 0 Å². The minimum atomic E-state index is -0.0560. The lowest BCUT2D eigenvalue weighted by Crippen LogP contribution is -1.92. The lowest BCUT2D eigenvalue weighted by atomic mass is 10.1. The summed E-state index contributed by atoms with van der Waals surface area (Å²) < 4.78 is 6.91. The van der Waals surface area contributed by atoms with Gasteiger partial charge in [-0.25, -0.2) is 0 Å². The van der Waals surface area contributed by atoms with Gasteiger partial charge in [-0.2, -0.15) is 0 Å². The molecule has 0 fully saturated rings. The molecule has 0 saturated heterocycles. The summed E-state index contributed by atoms with van der Waals surface area (Å²) in [6.45, 7) is -0.0560. The Balaban J connectivity index is 2.05. The molecule has 0 atom stereocenters. The van der Waals surface area contributed by atoms with Crippen LogP contribution in [0.2, 0.25) is 0 Å². The molecule has 0 spiro atoms. The Morgan fingerprint density at radius 2 is 1.70 bits per heavy atom. The van der Waals surface area contributed by atoms with E-state index >= 15 is 0 Å². The molecule has 0 bridgehead atoms. The van der Waals surface area contributed by atoms with Crippen molar-refractivity contribution in [2.45, 2.75) is 6.61 Å². The highest BCUT2D eigenvalue weighted by molar-refractivity contribution is 9.10. The van der Waals surface area contributed by atoms with Crippen molar-refractivity contribution in [2.75, 3.05) is 0 Å². The summed E-state index contributed by atoms with van der Waals surface area (Å²) in [6, 6.07) is 19.7. The summed E-state index contributed by atoms with van der Waals surface area (Å²) in [6.07, 6.45) is 0. The summed E-state index contributed by atoms with van der Waals surface area (Å²) in [7, 11) is 0. The quantitative estimate of drug-likeness (QED) is 0.741. The molecule has 0 amide bonds. The van der Waals surface area contributed by atoms with Crippen molar-refractivity contribution in [2.24, 2.45) is 0 Å². The second-order valence-corrected chi connectivity index (χ2v) is 5.41. The predicted molar refractivity (Wildman–Crippen MR) is 84.1 cm³/mol. The van der Waals surface area contributed by atoms with Gasteiger partial charge in [-0.05, 0) is 29.7 Å². The van der Waals surface area contributed by atoms with E-state index in [1.165, 1.54) is 0 Å². The minimum absolute atomic E-state index is 0.0560. The fourth-order valence-electron chi connectivity index (χ4n) is 2.17. The van der Waals surface area contributed by atoms with Gasteiger partial charge in [-0.1, -0.05) is 52.3 Å². The van der Waals surface area contributed by atoms with Gasteiger partial charge in [0.15, 0.2) is 0 Å². The van der Waals surface area contributed by atoms with E-state index in [9.17, 15) is 5.11 Å². The molecule has 0 aliphatic carbocycles. The van der Waals surface area contributed by atoms with E-state index in [2.05, 4.69) is 28.1 Å². The van der Waals surface area contributed by atoms with Crippen LogP contribution < -0.4 is 4.74 Å². The van der Waals surface area contributed by atoms with E-state index in [4.69, 9.17) is 4.74 Å². The Morgan fingerprint density at radius 3 is 2.55 bits per heavy atom. The van der Waals surface area contributed by atoms with Gasteiger partial charge in [-0.3, -0.25) is 0 Å². The van der Waals surface area contributed by atoms with E-state index in [-0.39, 0.29) is 6.61 Å². The molecule has 0 saturated carbocycles. The summed E-state index contributed by atoms with van der Waals surface area (Å²) in [4.78, 5) is 0. The average molecular weight is 329 g/mol. The lowest BCUT2D eigenvalue weighted by molar-refractivity contribution is 0.276. The molecule has 0 heterocycles. The number of rotatable bonds is 3. The maximum absolute atomic E-state index is 9.43. The van der Waals surface area contributed by atoms with Gasteiger partial charge in [0, 0.05) is 15.4 Å². The molecular formula is C17H13BrO2. The zero-order valence-corrected chi connectivity index (χ0v) is 12.3. The third-order valence-corrected chi connectivity index (χ3v) is 3.66. The highest BCUT2D eigenvalue weighted by Gasteiger charge is 2.07. The number of hydrogen-bond acceptors (Lipinski definition) is 2. The highest BCUT2D eigenvalue weighted by atomic mass is 79.9. The van der Waals surface area contributed by atoms with E-state index in [0.29, 0.717) is 5.75 Å². The zero-order chi connectivity index (χ0) is 13.9. The number of aliphatic hydroxyl groups excluding tert-OH is 1. The Bertz CT molecular complexity index is 748. The monoisotopic (exact) mass is 328 g/mol. The first kappa shape index (κ1) is 13.2. The van der Waals surface area contributed by atoms with Gasteiger partial charge in [0.1, 0.15) is 11.5 Å². The van der Waals surface area contributed by atoms with Crippen LogP contribution in [0.1, 0.15) is 5.56 Å². The molecule has 1 N–H and O–H groups in total. The largest absolute Gasteiger partial charge is 0.456 e. The first-order valence-corrected chi connectivity index (χ1v) is 7.12. The number of halogens is 1. The number of hydrogen-bond donors (Lipinski definition) is 1. The molecule has 2 nitrogen and oxygen atoms in total. The summed E-state index contributed by atoms with van der Waals surface area (Å²) in [5, 5.41) is 11.6. The number of aliphatic hydroxyl groups is 1. The molecule has 3 aromatic rings. The molecule has 0 radical (unpaired) electrons. The number of benzene rings is 3. The minimum Gasteiger partial charge on any atom is -0.456 e. The van der Waals surface area contributed by atoms with Crippen LogP contribution in [-0.2, 0) is 6.61 Å². The van der Waals surface area contributed by atoms with E-state index in [1.807, 2.05) is 48.5 Å². The van der Waals surface area contributed by atoms with Crippen LogP contribution >= 0.6 is 15.9 Å². The fourth-order valence-corrected chi connectivity index (χ4v) is 2.58. The van der Waals surface area contributed by atoms with E-state index < -0.39 is 0 Å². The van der Waals surface area contributed by atoms with Crippen LogP contribution in [0.4, 0.5) is 0 Å². The van der Waals surface area contributed by atoms with Crippen LogP contribution in [0.15, 0.2) is 65.1 Å². The van der Waals surface area contributed by atoms with Gasteiger partial charge < -0.3 is 9.84 Å². The topological polar surface area (TPSA) is 29.5 Å². The van der Waals surface area contributed by atoms with Crippen molar-refractivity contribution in [3.05, 3.63) is 70.7 Å². The third-order valence-electron chi connectivity index (χ3n) is 3.16. The van der Waals surface area contributed by atoms with Crippen molar-refractivity contribution in [3.63, 3.8) is 0 Å². The Morgan fingerprint density at radius 1 is 0.900 bits per heavy atom. The molecule has 0 aromatic heterocycles. The first-order chi connectivity index (χ1) is 9.78. The maximum Gasteiger partial charge on any atom is 0.135 e. The SMILES string of the molecule is OCc1cc(Br)ccc1Oc1cccc2ccccc12. The lowest BCUT2D eigenvalue weighted by Gasteiger charge is -2.12. The van der Waals surface area contributed by atoms with Gasteiger partial charge >= 0.3 is 0 Å².